The van der Waals surface area contributed by atoms with Gasteiger partial charge in [0.15, 0.2) is 0 Å². The second kappa shape index (κ2) is 5.89. The van der Waals surface area contributed by atoms with Gasteiger partial charge in [0.2, 0.25) is 0 Å². The largest absolute Gasteiger partial charge is 0.508 e. The molecule has 0 fully saturated rings. The standard InChI is InChI=1S/C15H21N3O/c1-11(2)15-8-13(18(3)17-15)10-16-9-12-5-4-6-14(19)7-12/h4-8,11,16,19H,9-10H2,1-3H3. The van der Waals surface area contributed by atoms with Gasteiger partial charge >= 0.3 is 0 Å². The Labute approximate surface area is 114 Å². The molecule has 0 spiro atoms. The van der Waals surface area contributed by atoms with Crippen molar-refractivity contribution in [2.24, 2.45) is 7.05 Å². The van der Waals surface area contributed by atoms with Crippen LogP contribution in [0.1, 0.15) is 36.7 Å². The molecule has 1 heterocycles. The van der Waals surface area contributed by atoms with Crippen LogP contribution in [0.3, 0.4) is 0 Å². The van der Waals surface area contributed by atoms with Crippen LogP contribution in [0, 0.1) is 0 Å². The smallest absolute Gasteiger partial charge is 0.115 e. The van der Waals surface area contributed by atoms with Crippen LogP contribution in [0.4, 0.5) is 0 Å². The van der Waals surface area contributed by atoms with Crippen LogP contribution in [-0.4, -0.2) is 14.9 Å². The zero-order valence-electron chi connectivity index (χ0n) is 11.7. The molecular weight excluding hydrogens is 238 g/mol. The van der Waals surface area contributed by atoms with Gasteiger partial charge in [-0.15, -0.1) is 0 Å². The number of nitrogens with zero attached hydrogens (tertiary/aromatic N) is 2. The summed E-state index contributed by atoms with van der Waals surface area (Å²) in [7, 11) is 1.97. The van der Waals surface area contributed by atoms with Crippen LogP contribution in [-0.2, 0) is 20.1 Å². The van der Waals surface area contributed by atoms with Crippen molar-refractivity contribution in [1.29, 1.82) is 0 Å². The molecule has 0 aliphatic carbocycles. The predicted octanol–water partition coefficient (Wildman–Crippen LogP) is 2.54. The minimum Gasteiger partial charge on any atom is -0.508 e. The van der Waals surface area contributed by atoms with Gasteiger partial charge in [-0.2, -0.15) is 5.10 Å². The van der Waals surface area contributed by atoms with E-state index in [0.717, 1.165) is 24.3 Å². The van der Waals surface area contributed by atoms with Gasteiger partial charge in [0.25, 0.3) is 0 Å². The first kappa shape index (κ1) is 13.6. The number of aromatic hydroxyl groups is 1. The number of phenols is 1. The molecule has 102 valence electrons. The summed E-state index contributed by atoms with van der Waals surface area (Å²) in [5.41, 5.74) is 3.37. The van der Waals surface area contributed by atoms with Crippen molar-refractivity contribution in [3.63, 3.8) is 0 Å². The Kier molecular flexibility index (Phi) is 4.22. The van der Waals surface area contributed by atoms with E-state index in [9.17, 15) is 5.11 Å². The number of hydrogen-bond donors (Lipinski definition) is 2. The summed E-state index contributed by atoms with van der Waals surface area (Å²) in [6.45, 7) is 5.79. The highest BCUT2D eigenvalue weighted by atomic mass is 16.3. The van der Waals surface area contributed by atoms with Crippen molar-refractivity contribution in [2.75, 3.05) is 0 Å². The number of nitrogens with one attached hydrogen (secondary N) is 1. The summed E-state index contributed by atoms with van der Waals surface area (Å²) in [5.74, 6) is 0.757. The molecule has 0 saturated carbocycles. The van der Waals surface area contributed by atoms with Crippen LogP contribution in [0.15, 0.2) is 30.3 Å². The summed E-state index contributed by atoms with van der Waals surface area (Å²) in [5, 5.41) is 17.2. The number of benzene rings is 1. The lowest BCUT2D eigenvalue weighted by atomic mass is 10.1. The molecular formula is C15H21N3O. The van der Waals surface area contributed by atoms with Crippen molar-refractivity contribution >= 4 is 0 Å². The second-order valence-corrected chi connectivity index (χ2v) is 5.11. The third-order valence-corrected chi connectivity index (χ3v) is 3.13. The highest BCUT2D eigenvalue weighted by molar-refractivity contribution is 5.27. The maximum Gasteiger partial charge on any atom is 0.115 e. The SMILES string of the molecule is CC(C)c1cc(CNCc2cccc(O)c2)n(C)n1. The van der Waals surface area contributed by atoms with Gasteiger partial charge in [0, 0.05) is 20.1 Å². The van der Waals surface area contributed by atoms with Crippen molar-refractivity contribution in [2.45, 2.75) is 32.9 Å². The third kappa shape index (κ3) is 3.58. The lowest BCUT2D eigenvalue weighted by Crippen LogP contribution is -2.15. The predicted molar refractivity (Wildman–Crippen MR) is 75.9 cm³/mol. The molecule has 1 aromatic carbocycles. The van der Waals surface area contributed by atoms with E-state index in [1.165, 1.54) is 5.69 Å². The van der Waals surface area contributed by atoms with Crippen LogP contribution >= 0.6 is 0 Å². The second-order valence-electron chi connectivity index (χ2n) is 5.11. The van der Waals surface area contributed by atoms with Gasteiger partial charge in [-0.3, -0.25) is 4.68 Å². The number of aromatic nitrogens is 2. The van der Waals surface area contributed by atoms with E-state index >= 15 is 0 Å². The lowest BCUT2D eigenvalue weighted by molar-refractivity contribution is 0.474. The Hall–Kier alpha value is -1.81. The topological polar surface area (TPSA) is 50.1 Å². The van der Waals surface area contributed by atoms with Crippen LogP contribution in [0.2, 0.25) is 0 Å². The van der Waals surface area contributed by atoms with Crippen LogP contribution in [0.25, 0.3) is 0 Å². The van der Waals surface area contributed by atoms with E-state index in [1.807, 2.05) is 23.9 Å². The maximum atomic E-state index is 9.40. The summed E-state index contributed by atoms with van der Waals surface area (Å²) >= 11 is 0. The van der Waals surface area contributed by atoms with Gasteiger partial charge in [0.05, 0.1) is 11.4 Å². The molecule has 19 heavy (non-hydrogen) atoms. The van der Waals surface area contributed by atoms with E-state index in [1.54, 1.807) is 12.1 Å². The van der Waals surface area contributed by atoms with E-state index < -0.39 is 0 Å². The molecule has 1 aromatic heterocycles. The number of rotatable bonds is 5. The van der Waals surface area contributed by atoms with Crippen LogP contribution in [0.5, 0.6) is 5.75 Å². The average Bonchev–Trinajstić information content (AvgIpc) is 2.71. The maximum absolute atomic E-state index is 9.40. The molecule has 0 bridgehead atoms. The summed E-state index contributed by atoms with van der Waals surface area (Å²) in [6, 6.07) is 9.44. The minimum atomic E-state index is 0.307. The van der Waals surface area contributed by atoms with Crippen molar-refractivity contribution < 1.29 is 5.11 Å². The van der Waals surface area contributed by atoms with E-state index in [0.29, 0.717) is 11.7 Å². The monoisotopic (exact) mass is 259 g/mol. The molecule has 2 aromatic rings. The van der Waals surface area contributed by atoms with Gasteiger partial charge < -0.3 is 10.4 Å². The number of phenolic OH excluding ortho intramolecular Hbond substituents is 1. The first-order chi connectivity index (χ1) is 9.06. The summed E-state index contributed by atoms with van der Waals surface area (Å²) < 4.78 is 1.92. The highest BCUT2D eigenvalue weighted by Gasteiger charge is 2.07. The molecule has 2 N–H and O–H groups in total. The molecule has 0 amide bonds. The Morgan fingerprint density at radius 3 is 2.68 bits per heavy atom. The molecule has 0 aliphatic heterocycles. The molecule has 0 radical (unpaired) electrons. The van der Waals surface area contributed by atoms with Gasteiger partial charge in [0.1, 0.15) is 5.75 Å². The highest BCUT2D eigenvalue weighted by Crippen LogP contribution is 2.14. The summed E-state index contributed by atoms with van der Waals surface area (Å²) in [6.07, 6.45) is 0. The number of aryl methyl sites for hydroxylation is 1. The molecule has 2 rings (SSSR count). The zero-order valence-corrected chi connectivity index (χ0v) is 11.7. The molecule has 4 heteroatoms. The Balaban J connectivity index is 1.92. The average molecular weight is 259 g/mol. The first-order valence-electron chi connectivity index (χ1n) is 6.57. The quantitative estimate of drug-likeness (QED) is 0.867. The fourth-order valence-electron chi connectivity index (χ4n) is 1.98. The number of hydrogen-bond acceptors (Lipinski definition) is 3. The minimum absolute atomic E-state index is 0.307. The van der Waals surface area contributed by atoms with Gasteiger partial charge in [-0.05, 0) is 29.7 Å². The van der Waals surface area contributed by atoms with E-state index in [4.69, 9.17) is 0 Å². The molecule has 0 atom stereocenters. The molecule has 4 nitrogen and oxygen atoms in total. The van der Waals surface area contributed by atoms with E-state index in [-0.39, 0.29) is 0 Å². The first-order valence-corrected chi connectivity index (χ1v) is 6.57. The molecule has 0 saturated heterocycles. The fourth-order valence-corrected chi connectivity index (χ4v) is 1.98. The normalized spacial score (nSPS) is 11.2. The van der Waals surface area contributed by atoms with E-state index in [2.05, 4.69) is 30.3 Å². The lowest BCUT2D eigenvalue weighted by Gasteiger charge is -2.05. The third-order valence-electron chi connectivity index (χ3n) is 3.13. The fraction of sp³-hybridized carbons (Fsp3) is 0.400. The molecule has 0 unspecified atom stereocenters. The molecule has 0 aliphatic rings. The Morgan fingerprint density at radius 1 is 1.26 bits per heavy atom. The Morgan fingerprint density at radius 2 is 2.05 bits per heavy atom. The van der Waals surface area contributed by atoms with Gasteiger partial charge in [-0.25, -0.2) is 0 Å². The van der Waals surface area contributed by atoms with Crippen molar-refractivity contribution in [3.05, 3.63) is 47.3 Å². The van der Waals surface area contributed by atoms with Crippen molar-refractivity contribution in [3.8, 4) is 5.75 Å². The van der Waals surface area contributed by atoms with Gasteiger partial charge in [-0.1, -0.05) is 26.0 Å². The Bertz CT molecular complexity index is 546. The zero-order chi connectivity index (χ0) is 13.8. The van der Waals surface area contributed by atoms with Crippen LogP contribution < -0.4 is 5.32 Å². The summed E-state index contributed by atoms with van der Waals surface area (Å²) in [4.78, 5) is 0. The van der Waals surface area contributed by atoms with Crippen molar-refractivity contribution in [1.82, 2.24) is 15.1 Å².